The standard InChI is InChI=1S/C16H24N2S/c1-2-18-9-5-7-14(18)10-17-16-12-19-11-13-6-3-4-8-15(13)16/h3-4,6,8,14,16-17H,2,5,7,9-12H2,1H3. The van der Waals surface area contributed by atoms with Crippen molar-refractivity contribution < 1.29 is 0 Å². The fraction of sp³-hybridized carbons (Fsp3) is 0.625. The topological polar surface area (TPSA) is 15.3 Å². The van der Waals surface area contributed by atoms with Gasteiger partial charge in [0, 0.05) is 30.1 Å². The van der Waals surface area contributed by atoms with Crippen molar-refractivity contribution in [2.75, 3.05) is 25.4 Å². The summed E-state index contributed by atoms with van der Waals surface area (Å²) in [5.74, 6) is 2.40. The number of thioether (sulfide) groups is 1. The number of likely N-dealkylation sites (tertiary alicyclic amines) is 1. The zero-order valence-corrected chi connectivity index (χ0v) is 12.6. The molecule has 2 heterocycles. The molecule has 0 spiro atoms. The van der Waals surface area contributed by atoms with Gasteiger partial charge >= 0.3 is 0 Å². The Hall–Kier alpha value is -0.510. The molecule has 1 fully saturated rings. The lowest BCUT2D eigenvalue weighted by molar-refractivity contribution is 0.255. The van der Waals surface area contributed by atoms with Crippen LogP contribution in [0.1, 0.15) is 36.9 Å². The molecule has 0 saturated carbocycles. The summed E-state index contributed by atoms with van der Waals surface area (Å²) >= 11 is 2.06. The zero-order chi connectivity index (χ0) is 13.1. The molecule has 1 aromatic rings. The first-order valence-electron chi connectivity index (χ1n) is 7.51. The van der Waals surface area contributed by atoms with Crippen molar-refractivity contribution in [3.63, 3.8) is 0 Å². The van der Waals surface area contributed by atoms with Crippen molar-refractivity contribution in [3.8, 4) is 0 Å². The lowest BCUT2D eigenvalue weighted by atomic mass is 10.0. The fourth-order valence-electron chi connectivity index (χ4n) is 3.37. The Balaban J connectivity index is 1.62. The number of rotatable bonds is 4. The van der Waals surface area contributed by atoms with E-state index in [1.54, 1.807) is 0 Å². The van der Waals surface area contributed by atoms with Crippen molar-refractivity contribution >= 4 is 11.8 Å². The van der Waals surface area contributed by atoms with Gasteiger partial charge in [0.1, 0.15) is 0 Å². The second-order valence-corrected chi connectivity index (χ2v) is 6.63. The molecule has 104 valence electrons. The van der Waals surface area contributed by atoms with Gasteiger partial charge in [-0.2, -0.15) is 11.8 Å². The smallest absolute Gasteiger partial charge is 0.0415 e. The van der Waals surface area contributed by atoms with Crippen LogP contribution in [0.15, 0.2) is 24.3 Å². The highest BCUT2D eigenvalue weighted by molar-refractivity contribution is 7.98. The van der Waals surface area contributed by atoms with Gasteiger partial charge in [0.2, 0.25) is 0 Å². The number of benzene rings is 1. The number of hydrogen-bond donors (Lipinski definition) is 1. The third kappa shape index (κ3) is 2.99. The predicted octanol–water partition coefficient (Wildman–Crippen LogP) is 3.05. The lowest BCUT2D eigenvalue weighted by Crippen LogP contribution is -2.40. The first-order chi connectivity index (χ1) is 9.38. The number of nitrogens with one attached hydrogen (secondary N) is 1. The van der Waals surface area contributed by atoms with Crippen LogP contribution in [-0.4, -0.2) is 36.3 Å². The molecule has 1 aromatic carbocycles. The molecule has 0 aromatic heterocycles. The van der Waals surface area contributed by atoms with Crippen molar-refractivity contribution in [2.24, 2.45) is 0 Å². The molecular formula is C16H24N2S. The molecule has 0 bridgehead atoms. The molecule has 2 unspecified atom stereocenters. The van der Waals surface area contributed by atoms with Crippen LogP contribution < -0.4 is 5.32 Å². The molecule has 0 aliphatic carbocycles. The number of nitrogens with zero attached hydrogens (tertiary/aromatic N) is 1. The maximum absolute atomic E-state index is 3.82. The second kappa shape index (κ2) is 6.29. The Kier molecular flexibility index (Phi) is 4.46. The highest BCUT2D eigenvalue weighted by Crippen LogP contribution is 2.31. The lowest BCUT2D eigenvalue weighted by Gasteiger charge is -2.29. The number of fused-ring (bicyclic) bond motifs is 1. The van der Waals surface area contributed by atoms with E-state index in [-0.39, 0.29) is 0 Å². The van der Waals surface area contributed by atoms with Crippen molar-refractivity contribution in [2.45, 2.75) is 37.6 Å². The summed E-state index contributed by atoms with van der Waals surface area (Å²) in [4.78, 5) is 2.62. The van der Waals surface area contributed by atoms with Crippen LogP contribution in [0.5, 0.6) is 0 Å². The van der Waals surface area contributed by atoms with Gasteiger partial charge in [-0.15, -0.1) is 0 Å². The van der Waals surface area contributed by atoms with Crippen LogP contribution in [0.25, 0.3) is 0 Å². The Bertz CT molecular complexity index is 421. The van der Waals surface area contributed by atoms with E-state index in [9.17, 15) is 0 Å². The molecule has 0 radical (unpaired) electrons. The van der Waals surface area contributed by atoms with E-state index in [0.29, 0.717) is 6.04 Å². The molecule has 2 nitrogen and oxygen atoms in total. The van der Waals surface area contributed by atoms with Crippen LogP contribution in [0.4, 0.5) is 0 Å². The van der Waals surface area contributed by atoms with E-state index in [1.807, 2.05) is 0 Å². The van der Waals surface area contributed by atoms with Crippen LogP contribution in [0, 0.1) is 0 Å². The minimum atomic E-state index is 0.550. The molecule has 3 heteroatoms. The van der Waals surface area contributed by atoms with Gasteiger partial charge in [0.25, 0.3) is 0 Å². The molecule has 2 aliphatic heterocycles. The molecule has 2 atom stereocenters. The van der Waals surface area contributed by atoms with Gasteiger partial charge < -0.3 is 5.32 Å². The minimum Gasteiger partial charge on any atom is -0.308 e. The molecule has 3 rings (SSSR count). The van der Waals surface area contributed by atoms with Crippen LogP contribution in [-0.2, 0) is 5.75 Å². The summed E-state index contributed by atoms with van der Waals surface area (Å²) in [7, 11) is 0. The molecule has 2 aliphatic rings. The molecular weight excluding hydrogens is 252 g/mol. The van der Waals surface area contributed by atoms with Gasteiger partial charge in [-0.3, -0.25) is 4.90 Å². The Morgan fingerprint density at radius 3 is 3.16 bits per heavy atom. The van der Waals surface area contributed by atoms with Crippen LogP contribution in [0.2, 0.25) is 0 Å². The third-order valence-corrected chi connectivity index (χ3v) is 5.56. The van der Waals surface area contributed by atoms with E-state index in [4.69, 9.17) is 0 Å². The summed E-state index contributed by atoms with van der Waals surface area (Å²) in [6.07, 6.45) is 2.73. The predicted molar refractivity (Wildman–Crippen MR) is 83.6 cm³/mol. The minimum absolute atomic E-state index is 0.550. The van der Waals surface area contributed by atoms with Crippen LogP contribution >= 0.6 is 11.8 Å². The summed E-state index contributed by atoms with van der Waals surface area (Å²) in [6, 6.07) is 10.2. The summed E-state index contributed by atoms with van der Waals surface area (Å²) in [5.41, 5.74) is 3.05. The zero-order valence-electron chi connectivity index (χ0n) is 11.8. The highest BCUT2D eigenvalue weighted by atomic mass is 32.2. The van der Waals surface area contributed by atoms with Gasteiger partial charge in [0.15, 0.2) is 0 Å². The van der Waals surface area contributed by atoms with Crippen molar-refractivity contribution in [1.29, 1.82) is 0 Å². The summed E-state index contributed by atoms with van der Waals surface area (Å²) < 4.78 is 0. The number of likely N-dealkylation sites (N-methyl/N-ethyl adjacent to an activating group) is 1. The normalized spacial score (nSPS) is 27.4. The van der Waals surface area contributed by atoms with E-state index < -0.39 is 0 Å². The highest BCUT2D eigenvalue weighted by Gasteiger charge is 2.25. The van der Waals surface area contributed by atoms with E-state index >= 15 is 0 Å². The molecule has 19 heavy (non-hydrogen) atoms. The average molecular weight is 276 g/mol. The maximum atomic E-state index is 3.82. The molecule has 1 saturated heterocycles. The first kappa shape index (κ1) is 13.5. The summed E-state index contributed by atoms with van der Waals surface area (Å²) in [6.45, 7) is 5.92. The Morgan fingerprint density at radius 2 is 2.26 bits per heavy atom. The van der Waals surface area contributed by atoms with E-state index in [0.717, 1.165) is 12.6 Å². The quantitative estimate of drug-likeness (QED) is 0.910. The largest absolute Gasteiger partial charge is 0.308 e. The fourth-order valence-corrected chi connectivity index (χ4v) is 4.51. The third-order valence-electron chi connectivity index (χ3n) is 4.48. The van der Waals surface area contributed by atoms with E-state index in [1.165, 1.54) is 48.6 Å². The second-order valence-electron chi connectivity index (χ2n) is 5.60. The van der Waals surface area contributed by atoms with Crippen LogP contribution in [0.3, 0.4) is 0 Å². The Labute approximate surface area is 121 Å². The molecule has 0 amide bonds. The van der Waals surface area contributed by atoms with Gasteiger partial charge in [-0.25, -0.2) is 0 Å². The van der Waals surface area contributed by atoms with Crippen molar-refractivity contribution in [1.82, 2.24) is 10.2 Å². The summed E-state index contributed by atoms with van der Waals surface area (Å²) in [5, 5.41) is 3.82. The first-order valence-corrected chi connectivity index (χ1v) is 8.67. The monoisotopic (exact) mass is 276 g/mol. The van der Waals surface area contributed by atoms with Gasteiger partial charge in [-0.05, 0) is 37.1 Å². The van der Waals surface area contributed by atoms with E-state index in [2.05, 4.69) is 53.2 Å². The number of hydrogen-bond acceptors (Lipinski definition) is 3. The Morgan fingerprint density at radius 1 is 1.37 bits per heavy atom. The maximum Gasteiger partial charge on any atom is 0.0415 e. The average Bonchev–Trinajstić information content (AvgIpc) is 2.92. The van der Waals surface area contributed by atoms with Crippen molar-refractivity contribution in [3.05, 3.63) is 35.4 Å². The SMILES string of the molecule is CCN1CCCC1CNC1CSCc2ccccc21. The molecule has 1 N–H and O–H groups in total. The van der Waals surface area contributed by atoms with Gasteiger partial charge in [-0.1, -0.05) is 31.2 Å². The van der Waals surface area contributed by atoms with Gasteiger partial charge in [0.05, 0.1) is 0 Å².